The number of hydrogen-bond acceptors (Lipinski definition) is 2. The van der Waals surface area contributed by atoms with Gasteiger partial charge in [0.1, 0.15) is 0 Å². The predicted octanol–water partition coefficient (Wildman–Crippen LogP) is 2.19. The van der Waals surface area contributed by atoms with Crippen LogP contribution in [0.3, 0.4) is 0 Å². The molecule has 0 aromatic carbocycles. The summed E-state index contributed by atoms with van der Waals surface area (Å²) in [6.07, 6.45) is 2.35. The second-order valence-corrected chi connectivity index (χ2v) is 5.17. The molecule has 1 aliphatic heterocycles. The van der Waals surface area contributed by atoms with E-state index >= 15 is 0 Å². The summed E-state index contributed by atoms with van der Waals surface area (Å²) >= 11 is 0. The van der Waals surface area contributed by atoms with Gasteiger partial charge in [0.2, 0.25) is 0 Å². The molecule has 2 unspecified atom stereocenters. The number of ether oxygens (including phenoxy) is 1. The van der Waals surface area contributed by atoms with Gasteiger partial charge in [0, 0.05) is 40.4 Å². The van der Waals surface area contributed by atoms with E-state index in [0.29, 0.717) is 0 Å². The Labute approximate surface area is 129 Å². The fourth-order valence-corrected chi connectivity index (χ4v) is 2.58. The molecule has 108 valence electrons. The lowest BCUT2D eigenvalue weighted by Gasteiger charge is -2.37. The first kappa shape index (κ1) is 18.0. The SMILES string of the molecule is CN=C(NCCCOC)N1CC(C)CC(C)C1.I. The zero-order chi connectivity index (χ0) is 12.7. The Kier molecular flexibility index (Phi) is 9.81. The maximum absolute atomic E-state index is 5.04. The standard InChI is InChI=1S/C13H27N3O.HI/c1-11-8-12(2)10-16(9-11)13(14-3)15-6-5-7-17-4;/h11-12H,5-10H2,1-4H3,(H,14,15);1H. The van der Waals surface area contributed by atoms with Crippen LogP contribution in [0.1, 0.15) is 26.7 Å². The fourth-order valence-electron chi connectivity index (χ4n) is 2.58. The fraction of sp³-hybridized carbons (Fsp3) is 0.923. The van der Waals surface area contributed by atoms with Gasteiger partial charge >= 0.3 is 0 Å². The van der Waals surface area contributed by atoms with Crippen molar-refractivity contribution in [2.45, 2.75) is 26.7 Å². The lowest BCUT2D eigenvalue weighted by molar-refractivity contribution is 0.192. The Bertz CT molecular complexity index is 238. The Balaban J connectivity index is 0.00000289. The number of aliphatic imine (C=N–C) groups is 1. The van der Waals surface area contributed by atoms with Crippen LogP contribution in [0.5, 0.6) is 0 Å². The van der Waals surface area contributed by atoms with Crippen molar-refractivity contribution in [3.05, 3.63) is 0 Å². The molecule has 0 radical (unpaired) electrons. The van der Waals surface area contributed by atoms with E-state index in [-0.39, 0.29) is 24.0 Å². The molecule has 0 spiro atoms. The lowest BCUT2D eigenvalue weighted by atomic mass is 9.92. The highest BCUT2D eigenvalue weighted by Gasteiger charge is 2.23. The summed E-state index contributed by atoms with van der Waals surface area (Å²) in [5, 5.41) is 3.41. The van der Waals surface area contributed by atoms with E-state index in [1.807, 2.05) is 7.05 Å². The third kappa shape index (κ3) is 6.22. The van der Waals surface area contributed by atoms with Crippen molar-refractivity contribution in [1.82, 2.24) is 10.2 Å². The Morgan fingerprint density at radius 2 is 1.94 bits per heavy atom. The third-order valence-electron chi connectivity index (χ3n) is 3.19. The first-order valence-electron chi connectivity index (χ1n) is 6.62. The molecule has 4 nitrogen and oxygen atoms in total. The molecule has 18 heavy (non-hydrogen) atoms. The average Bonchev–Trinajstić information content (AvgIpc) is 2.28. The molecule has 1 fully saturated rings. The number of piperidine rings is 1. The second-order valence-electron chi connectivity index (χ2n) is 5.17. The summed E-state index contributed by atoms with van der Waals surface area (Å²) in [6.45, 7) is 8.61. The monoisotopic (exact) mass is 369 g/mol. The van der Waals surface area contributed by atoms with E-state index in [0.717, 1.165) is 50.5 Å². The normalized spacial score (nSPS) is 24.7. The number of methoxy groups -OCH3 is 1. The van der Waals surface area contributed by atoms with Gasteiger partial charge in [0.25, 0.3) is 0 Å². The molecule has 0 saturated carbocycles. The zero-order valence-electron chi connectivity index (χ0n) is 12.1. The van der Waals surface area contributed by atoms with Gasteiger partial charge in [-0.05, 0) is 24.7 Å². The number of halogens is 1. The average molecular weight is 369 g/mol. The maximum atomic E-state index is 5.04. The van der Waals surface area contributed by atoms with Gasteiger partial charge in [0.15, 0.2) is 5.96 Å². The first-order chi connectivity index (χ1) is 8.17. The van der Waals surface area contributed by atoms with Crippen LogP contribution in [0.15, 0.2) is 4.99 Å². The van der Waals surface area contributed by atoms with Gasteiger partial charge in [0.05, 0.1) is 0 Å². The highest BCUT2D eigenvalue weighted by Crippen LogP contribution is 2.20. The number of rotatable bonds is 4. The summed E-state index contributed by atoms with van der Waals surface area (Å²) in [4.78, 5) is 6.75. The predicted molar refractivity (Wildman–Crippen MR) is 87.8 cm³/mol. The van der Waals surface area contributed by atoms with E-state index in [1.54, 1.807) is 7.11 Å². The van der Waals surface area contributed by atoms with Crippen LogP contribution in [-0.2, 0) is 4.74 Å². The largest absolute Gasteiger partial charge is 0.385 e. The smallest absolute Gasteiger partial charge is 0.193 e. The minimum Gasteiger partial charge on any atom is -0.385 e. The molecule has 0 amide bonds. The lowest BCUT2D eigenvalue weighted by Crippen LogP contribution is -2.48. The van der Waals surface area contributed by atoms with Gasteiger partial charge in [-0.3, -0.25) is 4.99 Å². The summed E-state index contributed by atoms with van der Waals surface area (Å²) in [6, 6.07) is 0. The summed E-state index contributed by atoms with van der Waals surface area (Å²) in [7, 11) is 3.60. The second kappa shape index (κ2) is 9.83. The van der Waals surface area contributed by atoms with Crippen LogP contribution >= 0.6 is 24.0 Å². The van der Waals surface area contributed by atoms with Crippen LogP contribution in [0.4, 0.5) is 0 Å². The molecular weight excluding hydrogens is 341 g/mol. The van der Waals surface area contributed by atoms with E-state index in [1.165, 1.54) is 6.42 Å². The molecule has 0 aromatic heterocycles. The van der Waals surface area contributed by atoms with Crippen molar-refractivity contribution in [2.24, 2.45) is 16.8 Å². The maximum Gasteiger partial charge on any atom is 0.193 e. The number of hydrogen-bond donors (Lipinski definition) is 1. The molecule has 0 aromatic rings. The van der Waals surface area contributed by atoms with Crippen LogP contribution in [0, 0.1) is 11.8 Å². The van der Waals surface area contributed by atoms with Gasteiger partial charge in [-0.25, -0.2) is 0 Å². The van der Waals surface area contributed by atoms with Crippen molar-refractivity contribution in [2.75, 3.05) is 40.4 Å². The molecule has 1 rings (SSSR count). The Hall–Kier alpha value is -0.0400. The van der Waals surface area contributed by atoms with E-state index in [9.17, 15) is 0 Å². The van der Waals surface area contributed by atoms with Crippen LogP contribution < -0.4 is 5.32 Å². The molecule has 0 bridgehead atoms. The van der Waals surface area contributed by atoms with Crippen molar-refractivity contribution < 1.29 is 4.74 Å². The van der Waals surface area contributed by atoms with Crippen molar-refractivity contribution in [1.29, 1.82) is 0 Å². The van der Waals surface area contributed by atoms with Crippen molar-refractivity contribution in [3.8, 4) is 0 Å². The van der Waals surface area contributed by atoms with E-state index < -0.39 is 0 Å². The summed E-state index contributed by atoms with van der Waals surface area (Å²) in [5.41, 5.74) is 0. The highest BCUT2D eigenvalue weighted by molar-refractivity contribution is 14.0. The third-order valence-corrected chi connectivity index (χ3v) is 3.19. The van der Waals surface area contributed by atoms with E-state index in [2.05, 4.69) is 29.1 Å². The van der Waals surface area contributed by atoms with Crippen LogP contribution in [0.25, 0.3) is 0 Å². The topological polar surface area (TPSA) is 36.9 Å². The first-order valence-corrected chi connectivity index (χ1v) is 6.62. The molecule has 5 heteroatoms. The van der Waals surface area contributed by atoms with Gasteiger partial charge in [-0.15, -0.1) is 24.0 Å². The minimum atomic E-state index is 0. The number of guanidine groups is 1. The number of nitrogens with one attached hydrogen (secondary N) is 1. The summed E-state index contributed by atoms with van der Waals surface area (Å²) < 4.78 is 5.04. The minimum absolute atomic E-state index is 0. The molecule has 1 saturated heterocycles. The molecule has 1 heterocycles. The van der Waals surface area contributed by atoms with Gasteiger partial charge in [-0.1, -0.05) is 13.8 Å². The number of likely N-dealkylation sites (tertiary alicyclic amines) is 1. The molecule has 2 atom stereocenters. The quantitative estimate of drug-likeness (QED) is 0.357. The molecular formula is C13H28IN3O. The molecule has 1 aliphatic rings. The number of nitrogens with zero attached hydrogens (tertiary/aromatic N) is 2. The Morgan fingerprint density at radius 1 is 1.33 bits per heavy atom. The molecule has 0 aliphatic carbocycles. The van der Waals surface area contributed by atoms with Gasteiger partial charge in [-0.2, -0.15) is 0 Å². The van der Waals surface area contributed by atoms with E-state index in [4.69, 9.17) is 4.74 Å². The molecule has 1 N–H and O–H groups in total. The van der Waals surface area contributed by atoms with Crippen molar-refractivity contribution >= 4 is 29.9 Å². The van der Waals surface area contributed by atoms with Crippen LogP contribution in [-0.4, -0.2) is 51.3 Å². The highest BCUT2D eigenvalue weighted by atomic mass is 127. The zero-order valence-corrected chi connectivity index (χ0v) is 14.4. The Morgan fingerprint density at radius 3 is 2.44 bits per heavy atom. The van der Waals surface area contributed by atoms with Crippen LogP contribution in [0.2, 0.25) is 0 Å². The van der Waals surface area contributed by atoms with Crippen molar-refractivity contribution in [3.63, 3.8) is 0 Å². The summed E-state index contributed by atoms with van der Waals surface area (Å²) in [5.74, 6) is 2.56. The van der Waals surface area contributed by atoms with Gasteiger partial charge < -0.3 is 15.0 Å².